The fraction of sp³-hybridized carbons (Fsp3) is 0.122. The first-order chi connectivity index (χ1) is 58.0. The highest BCUT2D eigenvalue weighted by Gasteiger charge is 2.45. The molecule has 0 saturated heterocycles. The highest BCUT2D eigenvalue weighted by Crippen LogP contribution is 2.60. The molecule has 0 bridgehead atoms. The SMILES string of the molecule is CCC(CC)N1C(=O)c2cc(Oc3ccc(S(=O)(=O)O)cc3-c3ccc(S(=O)(=O)O)cc3)c3c4c(Oc5ccc(S(=O)(=O)O)cc5-c5ccc(S(=O)(=O)O)cc5)cc5c6c(cc(Oc7ccc(S(=O)(=O)O)cc7-c7ccc(S(=O)(=O)O)cc7)c(c7c(Oc8ccc(S(=O)(=O)O)cc8-c8ccc(S(=O)(=O)O)cc8)cc(c2c37)C1=O)c64)C(=O)N(C(CC)CC)C5=O. The highest BCUT2D eigenvalue weighted by molar-refractivity contribution is 7.87. The lowest BCUT2D eigenvalue weighted by molar-refractivity contribution is 0.0514. The van der Waals surface area contributed by atoms with Gasteiger partial charge in [0.2, 0.25) is 0 Å². The van der Waals surface area contributed by atoms with Crippen LogP contribution in [0, 0.1) is 0 Å². The van der Waals surface area contributed by atoms with Crippen molar-refractivity contribution in [1.29, 1.82) is 0 Å². The van der Waals surface area contributed by atoms with E-state index in [0.29, 0.717) is 0 Å². The van der Waals surface area contributed by atoms with Gasteiger partial charge in [-0.25, -0.2) is 0 Å². The van der Waals surface area contributed by atoms with E-state index in [-0.39, 0.29) is 81.0 Å². The van der Waals surface area contributed by atoms with Gasteiger partial charge < -0.3 is 18.9 Å². The van der Waals surface area contributed by atoms with E-state index in [9.17, 15) is 104 Å². The van der Waals surface area contributed by atoms with E-state index in [1.165, 1.54) is 0 Å². The van der Waals surface area contributed by atoms with Gasteiger partial charge in [0.1, 0.15) is 46.0 Å². The minimum atomic E-state index is -5.23. The van der Waals surface area contributed by atoms with Crippen LogP contribution in [0.15, 0.2) is 233 Å². The summed E-state index contributed by atoms with van der Waals surface area (Å²) >= 11 is 0. The second-order valence-electron chi connectivity index (χ2n) is 28.5. The summed E-state index contributed by atoms with van der Waals surface area (Å²) in [6, 6.07) is 29.5. The third-order valence-corrected chi connectivity index (χ3v) is 28.2. The number of ether oxygens (including phenoxy) is 4. The summed E-state index contributed by atoms with van der Waals surface area (Å²) in [5.41, 5.74) is -3.65. The Morgan fingerprint density at radius 2 is 0.387 bits per heavy atom. The Bertz CT molecular complexity index is 6940. The van der Waals surface area contributed by atoms with Crippen molar-refractivity contribution < 1.29 is 142 Å². The van der Waals surface area contributed by atoms with Crippen LogP contribution in [0.4, 0.5) is 0 Å². The van der Waals surface area contributed by atoms with Gasteiger partial charge in [0.05, 0.1) is 61.4 Å². The molecule has 2 aliphatic rings. The standard InChI is InChI=1S/C82H62N2O32S8/c1-5-45(6-2)83-79(85)59-37-67(113-63-29-25-51(121(101,102)103)33-55(63)41-9-17-47(18-10-41)117(89,90)91)73-75-69(115-65-31-27-53(123(107,108)109)35-57(65)43-13-21-49(22-14-43)119(95,96)97)39-61-72-62(82(88)84(81(61)87)46(7-3)8-4)40-70(116-66-32-28-54(124(110,111)112)36-58(66)44-15-23-50(24-16-44)120(98,99)100)76(78(72)75)74-68(38-60(80(83)86)71(59)77(73)74)114-64-30-26-52(122(104,105)106)34-56(64)42-11-19-48(20-12-42)118(92,93)94/h9-40,45-46H,5-8H2,1-4H3,(H,89,90,91)(H,92,93,94)(H,95,96,97)(H,98,99,100)(H,101,102,103)(H,104,105,106)(H,107,108,109)(H,110,111,112). The van der Waals surface area contributed by atoms with E-state index >= 15 is 19.2 Å². The van der Waals surface area contributed by atoms with Crippen LogP contribution in [0.1, 0.15) is 94.8 Å². The fourth-order valence-corrected chi connectivity index (χ4v) is 19.4. The molecule has 8 N–H and O–H groups in total. The van der Waals surface area contributed by atoms with Crippen molar-refractivity contribution in [2.75, 3.05) is 0 Å². The van der Waals surface area contributed by atoms with Crippen molar-refractivity contribution in [1.82, 2.24) is 9.80 Å². The van der Waals surface area contributed by atoms with E-state index in [0.717, 1.165) is 204 Å². The maximum atomic E-state index is 16.3. The average molecular weight is 1840 g/mol. The second-order valence-corrected chi connectivity index (χ2v) is 39.9. The lowest BCUT2D eigenvalue weighted by Gasteiger charge is -2.36. The number of benzene rings is 13. The molecule has 34 nitrogen and oxygen atoms in total. The zero-order chi connectivity index (χ0) is 89.7. The largest absolute Gasteiger partial charge is 0.456 e. The molecule has 0 saturated carbocycles. The lowest BCUT2D eigenvalue weighted by atomic mass is 9.80. The number of imide groups is 2. The molecule has 4 amide bonds. The minimum Gasteiger partial charge on any atom is -0.456 e. The number of fused-ring (bicyclic) bond motifs is 2. The molecular weight excluding hydrogens is 1780 g/mol. The van der Waals surface area contributed by atoms with Gasteiger partial charge in [0.15, 0.2) is 0 Å². The van der Waals surface area contributed by atoms with Gasteiger partial charge in [-0.15, -0.1) is 0 Å². The van der Waals surface area contributed by atoms with Crippen LogP contribution in [0.25, 0.3) is 87.6 Å². The van der Waals surface area contributed by atoms with Crippen molar-refractivity contribution in [3.05, 3.63) is 216 Å². The summed E-state index contributed by atoms with van der Waals surface area (Å²) in [4.78, 5) is 61.0. The summed E-state index contributed by atoms with van der Waals surface area (Å²) < 4.78 is 320. The molecule has 13 aromatic carbocycles. The van der Waals surface area contributed by atoms with E-state index in [1.54, 1.807) is 27.7 Å². The van der Waals surface area contributed by atoms with E-state index in [4.69, 9.17) is 18.9 Å². The minimum absolute atomic E-state index is 0.0678. The molecular formula is C82H62N2O32S8. The molecule has 0 aliphatic carbocycles. The van der Waals surface area contributed by atoms with E-state index < -0.39 is 256 Å². The summed E-state index contributed by atoms with van der Waals surface area (Å²) in [6.07, 6.45) is 0.271. The highest BCUT2D eigenvalue weighted by atomic mass is 32.2. The molecule has 2 heterocycles. The molecule has 640 valence electrons. The van der Waals surface area contributed by atoms with Crippen molar-refractivity contribution >= 4 is 148 Å². The molecule has 0 unspecified atom stereocenters. The fourth-order valence-electron chi connectivity index (χ4n) is 15.5. The van der Waals surface area contributed by atoms with Crippen LogP contribution in [0.2, 0.25) is 0 Å². The van der Waals surface area contributed by atoms with Crippen LogP contribution in [0.3, 0.4) is 0 Å². The van der Waals surface area contributed by atoms with Crippen LogP contribution in [-0.2, 0) is 80.9 Å². The topological polar surface area (TPSA) is 547 Å². The summed E-state index contributed by atoms with van der Waals surface area (Å²) in [5, 5.41) is -3.23. The van der Waals surface area contributed by atoms with Crippen LogP contribution in [0.5, 0.6) is 46.0 Å². The Morgan fingerprint density at radius 1 is 0.218 bits per heavy atom. The predicted octanol–water partition coefficient (Wildman–Crippen LogP) is 15.1. The molecule has 124 heavy (non-hydrogen) atoms. The molecule has 2 aliphatic heterocycles. The molecule has 0 radical (unpaired) electrons. The number of amides is 4. The first kappa shape index (κ1) is 86.8. The first-order valence-electron chi connectivity index (χ1n) is 36.6. The summed E-state index contributed by atoms with van der Waals surface area (Å²) in [5.74, 6) is -8.54. The molecule has 13 aromatic rings. The second kappa shape index (κ2) is 31.0. The molecule has 0 aromatic heterocycles. The molecule has 0 fully saturated rings. The zero-order valence-electron chi connectivity index (χ0n) is 64.0. The zero-order valence-corrected chi connectivity index (χ0v) is 70.5. The number of hydrogen-bond acceptors (Lipinski definition) is 24. The predicted molar refractivity (Wildman–Crippen MR) is 444 cm³/mol. The van der Waals surface area contributed by atoms with Gasteiger partial charge in [0, 0.05) is 77.4 Å². The van der Waals surface area contributed by atoms with Crippen molar-refractivity contribution in [2.45, 2.75) is 105 Å². The van der Waals surface area contributed by atoms with Crippen molar-refractivity contribution in [3.63, 3.8) is 0 Å². The molecule has 15 rings (SSSR count). The Kier molecular flexibility index (Phi) is 21.7. The maximum Gasteiger partial charge on any atom is 0.294 e. The van der Waals surface area contributed by atoms with Gasteiger partial charge in [0.25, 0.3) is 105 Å². The number of carbonyl (C=O) groups is 4. The molecule has 0 spiro atoms. The van der Waals surface area contributed by atoms with Crippen LogP contribution in [-0.4, -0.2) is 149 Å². The van der Waals surface area contributed by atoms with Gasteiger partial charge in [-0.3, -0.25) is 65.4 Å². The van der Waals surface area contributed by atoms with Gasteiger partial charge in [-0.1, -0.05) is 76.2 Å². The maximum absolute atomic E-state index is 16.3. The Balaban J connectivity index is 1.21. The number of nitrogens with zero attached hydrogens (tertiary/aromatic N) is 2. The summed E-state index contributed by atoms with van der Waals surface area (Å²) in [6.45, 7) is 6.60. The van der Waals surface area contributed by atoms with Gasteiger partial charge in [-0.2, -0.15) is 67.3 Å². The average Bonchev–Trinajstić information content (AvgIpc) is 0.668. The number of hydrogen-bond donors (Lipinski definition) is 8. The number of rotatable bonds is 26. The first-order valence-corrected chi connectivity index (χ1v) is 48.1. The van der Waals surface area contributed by atoms with Crippen LogP contribution >= 0.6 is 0 Å². The quantitative estimate of drug-likeness (QED) is 0.0108. The monoisotopic (exact) mass is 1840 g/mol. The van der Waals surface area contributed by atoms with E-state index in [2.05, 4.69) is 0 Å². The van der Waals surface area contributed by atoms with Crippen LogP contribution < -0.4 is 18.9 Å². The normalized spacial score (nSPS) is 13.8. The Hall–Kier alpha value is -12.1. The lowest BCUT2D eigenvalue weighted by Crippen LogP contribution is -2.46. The van der Waals surface area contributed by atoms with Gasteiger partial charge >= 0.3 is 0 Å². The van der Waals surface area contributed by atoms with Gasteiger partial charge in [-0.05, 0) is 194 Å². The smallest absolute Gasteiger partial charge is 0.294 e. The third-order valence-electron chi connectivity index (χ3n) is 21.3. The van der Waals surface area contributed by atoms with Crippen molar-refractivity contribution in [2.24, 2.45) is 0 Å². The Labute approximate surface area is 705 Å². The summed E-state index contributed by atoms with van der Waals surface area (Å²) in [7, 11) is -40.8. The van der Waals surface area contributed by atoms with Crippen molar-refractivity contribution in [3.8, 4) is 90.5 Å². The molecule has 42 heteroatoms. The van der Waals surface area contributed by atoms with E-state index in [1.807, 2.05) is 0 Å². The Morgan fingerprint density at radius 3 is 0.548 bits per heavy atom. The molecule has 0 atom stereocenters. The third kappa shape index (κ3) is 15.7. The number of carbonyl (C=O) groups excluding carboxylic acids is 4.